The summed E-state index contributed by atoms with van der Waals surface area (Å²) in [5.41, 5.74) is 0.612. The second kappa shape index (κ2) is 8.74. The molecule has 4 rings (SSSR count). The van der Waals surface area contributed by atoms with Gasteiger partial charge in [0.15, 0.2) is 6.04 Å². The summed E-state index contributed by atoms with van der Waals surface area (Å²) in [6.07, 6.45) is 2.66. The lowest BCUT2D eigenvalue weighted by Gasteiger charge is -2.28. The predicted octanol–water partition coefficient (Wildman–Crippen LogP) is 1.09. The van der Waals surface area contributed by atoms with E-state index in [1.165, 1.54) is 35.7 Å². The lowest BCUT2D eigenvalue weighted by Crippen LogP contribution is -3.12. The van der Waals surface area contributed by atoms with E-state index in [-0.39, 0.29) is 24.3 Å². The highest BCUT2D eigenvalue weighted by Crippen LogP contribution is 2.23. The third-order valence-corrected chi connectivity index (χ3v) is 6.97. The standard InChI is InChI=1S/C21H24ClN3O2S/c22-16-3-5-17(6-4-16)25-20(26)12-19(21(25)27)23-13-15-7-9-24(10-8-15)14-18-2-1-11-28-18/h1-6,11,15,19,23H,7-10,12-14H2/p+2/t19-/m0/s1. The van der Waals surface area contributed by atoms with Gasteiger partial charge in [0, 0.05) is 23.8 Å². The number of imide groups is 1. The van der Waals surface area contributed by atoms with Crippen LogP contribution in [0, 0.1) is 5.92 Å². The van der Waals surface area contributed by atoms with E-state index in [4.69, 9.17) is 11.6 Å². The lowest BCUT2D eigenvalue weighted by atomic mass is 9.96. The number of nitrogens with zero attached hydrogens (tertiary/aromatic N) is 1. The zero-order valence-corrected chi connectivity index (χ0v) is 17.3. The number of rotatable bonds is 6. The number of piperidine rings is 1. The maximum atomic E-state index is 12.7. The molecule has 1 aromatic heterocycles. The Bertz CT molecular complexity index is 817. The van der Waals surface area contributed by atoms with Crippen molar-refractivity contribution < 1.29 is 19.8 Å². The quantitative estimate of drug-likeness (QED) is 0.689. The largest absolute Gasteiger partial charge is 0.335 e. The number of hydrogen-bond acceptors (Lipinski definition) is 3. The molecule has 1 aromatic carbocycles. The van der Waals surface area contributed by atoms with Crippen molar-refractivity contribution in [1.82, 2.24) is 0 Å². The van der Waals surface area contributed by atoms with Crippen molar-refractivity contribution >= 4 is 40.4 Å². The number of quaternary nitrogens is 2. The van der Waals surface area contributed by atoms with Crippen LogP contribution in [-0.4, -0.2) is 37.5 Å². The first-order chi connectivity index (χ1) is 13.6. The van der Waals surface area contributed by atoms with Gasteiger partial charge in [-0.25, -0.2) is 4.90 Å². The fourth-order valence-electron chi connectivity index (χ4n) is 4.22. The third-order valence-electron chi connectivity index (χ3n) is 5.84. The molecule has 5 nitrogen and oxygen atoms in total. The molecule has 2 aliphatic rings. The fourth-order valence-corrected chi connectivity index (χ4v) is 5.12. The summed E-state index contributed by atoms with van der Waals surface area (Å²) in [5, 5.41) is 4.83. The molecule has 1 atom stereocenters. The molecule has 2 aliphatic heterocycles. The van der Waals surface area contributed by atoms with Crippen LogP contribution in [0.25, 0.3) is 0 Å². The number of likely N-dealkylation sites (tertiary alicyclic amines) is 1. The van der Waals surface area contributed by atoms with Gasteiger partial charge in [-0.2, -0.15) is 0 Å². The summed E-state index contributed by atoms with van der Waals surface area (Å²) < 4.78 is 0. The lowest BCUT2D eigenvalue weighted by molar-refractivity contribution is -0.920. The van der Waals surface area contributed by atoms with Crippen molar-refractivity contribution in [2.45, 2.75) is 31.8 Å². The van der Waals surface area contributed by atoms with Crippen molar-refractivity contribution in [3.8, 4) is 0 Å². The molecule has 0 radical (unpaired) electrons. The number of anilines is 1. The second-order valence-electron chi connectivity index (χ2n) is 7.78. The summed E-state index contributed by atoms with van der Waals surface area (Å²) >= 11 is 7.75. The summed E-state index contributed by atoms with van der Waals surface area (Å²) in [6, 6.07) is 10.9. The van der Waals surface area contributed by atoms with Crippen molar-refractivity contribution in [2.24, 2.45) is 5.92 Å². The highest BCUT2D eigenvalue weighted by Gasteiger charge is 2.42. The number of hydrogen-bond donors (Lipinski definition) is 2. The summed E-state index contributed by atoms with van der Waals surface area (Å²) in [4.78, 5) is 29.5. The first kappa shape index (κ1) is 19.6. The third kappa shape index (κ3) is 4.46. The van der Waals surface area contributed by atoms with Gasteiger partial charge in [0.2, 0.25) is 5.91 Å². The molecular weight excluding hydrogens is 394 g/mol. The first-order valence-corrected chi connectivity index (χ1v) is 11.2. The first-order valence-electron chi connectivity index (χ1n) is 9.92. The minimum Gasteiger partial charge on any atom is -0.335 e. The van der Waals surface area contributed by atoms with Gasteiger partial charge in [-0.1, -0.05) is 17.7 Å². The second-order valence-corrected chi connectivity index (χ2v) is 9.24. The molecule has 2 aromatic rings. The molecule has 0 saturated carbocycles. The molecule has 0 bridgehead atoms. The molecule has 2 fully saturated rings. The van der Waals surface area contributed by atoms with Crippen LogP contribution in [0.5, 0.6) is 0 Å². The Labute approximate surface area is 174 Å². The van der Waals surface area contributed by atoms with E-state index in [0.717, 1.165) is 13.1 Å². The number of thiophene rings is 1. The van der Waals surface area contributed by atoms with Gasteiger partial charge >= 0.3 is 0 Å². The maximum Gasteiger partial charge on any atom is 0.292 e. The van der Waals surface area contributed by atoms with Gasteiger partial charge < -0.3 is 10.2 Å². The summed E-state index contributed by atoms with van der Waals surface area (Å²) in [7, 11) is 0. The van der Waals surface area contributed by atoms with E-state index in [0.29, 0.717) is 16.6 Å². The van der Waals surface area contributed by atoms with E-state index in [2.05, 4.69) is 22.8 Å². The van der Waals surface area contributed by atoms with E-state index in [9.17, 15) is 9.59 Å². The number of carbonyl (C=O) groups excluding carboxylic acids is 2. The van der Waals surface area contributed by atoms with E-state index in [1.54, 1.807) is 29.2 Å². The van der Waals surface area contributed by atoms with Crippen molar-refractivity contribution in [3.05, 3.63) is 51.7 Å². The fraction of sp³-hybridized carbons (Fsp3) is 0.429. The number of nitrogens with one attached hydrogen (secondary N) is 1. The molecule has 148 valence electrons. The molecule has 7 heteroatoms. The molecule has 28 heavy (non-hydrogen) atoms. The Kier molecular flexibility index (Phi) is 6.11. The summed E-state index contributed by atoms with van der Waals surface area (Å²) in [6.45, 7) is 4.42. The van der Waals surface area contributed by atoms with Gasteiger partial charge in [-0.3, -0.25) is 9.59 Å². The van der Waals surface area contributed by atoms with Crippen LogP contribution in [0.4, 0.5) is 5.69 Å². The highest BCUT2D eigenvalue weighted by atomic mass is 35.5. The van der Waals surface area contributed by atoms with Crippen LogP contribution in [0.3, 0.4) is 0 Å². The van der Waals surface area contributed by atoms with Gasteiger partial charge in [-0.15, -0.1) is 11.3 Å². The van der Waals surface area contributed by atoms with Gasteiger partial charge in [-0.05, 0) is 35.7 Å². The molecule has 3 N–H and O–H groups in total. The zero-order chi connectivity index (χ0) is 19.5. The summed E-state index contributed by atoms with van der Waals surface area (Å²) in [5.74, 6) is 0.399. The SMILES string of the molecule is O=C1C[C@H]([NH2+]CC2CC[NH+](Cc3cccs3)CC2)C(=O)N1c1ccc(Cl)cc1. The zero-order valence-electron chi connectivity index (χ0n) is 15.8. The predicted molar refractivity (Wildman–Crippen MR) is 111 cm³/mol. The normalized spacial score (nSPS) is 25.5. The number of halogens is 1. The van der Waals surface area contributed by atoms with Gasteiger partial charge in [0.1, 0.15) is 6.54 Å². The Balaban J connectivity index is 1.26. The van der Waals surface area contributed by atoms with Crippen LogP contribution in [0.2, 0.25) is 5.02 Å². The Hall–Kier alpha value is -1.73. The van der Waals surface area contributed by atoms with Crippen LogP contribution in [0.1, 0.15) is 24.1 Å². The van der Waals surface area contributed by atoms with Crippen LogP contribution in [-0.2, 0) is 16.1 Å². The average molecular weight is 420 g/mol. The van der Waals surface area contributed by atoms with Gasteiger partial charge in [0.05, 0.1) is 36.6 Å². The number of nitrogens with two attached hydrogens (primary N) is 1. The minimum absolute atomic E-state index is 0.104. The van der Waals surface area contributed by atoms with E-state index >= 15 is 0 Å². The smallest absolute Gasteiger partial charge is 0.292 e. The van der Waals surface area contributed by atoms with Crippen molar-refractivity contribution in [2.75, 3.05) is 24.5 Å². The minimum atomic E-state index is -0.292. The number of benzene rings is 1. The monoisotopic (exact) mass is 419 g/mol. The Morgan fingerprint density at radius 3 is 2.57 bits per heavy atom. The Morgan fingerprint density at radius 1 is 1.14 bits per heavy atom. The average Bonchev–Trinajstić information content (AvgIpc) is 3.30. The van der Waals surface area contributed by atoms with Crippen molar-refractivity contribution in [1.29, 1.82) is 0 Å². The molecule has 0 spiro atoms. The number of amides is 2. The number of carbonyl (C=O) groups is 2. The van der Waals surface area contributed by atoms with Crippen LogP contribution >= 0.6 is 22.9 Å². The maximum absolute atomic E-state index is 12.7. The topological polar surface area (TPSA) is 58.4 Å². The highest BCUT2D eigenvalue weighted by molar-refractivity contribution is 7.09. The van der Waals surface area contributed by atoms with Gasteiger partial charge in [0.25, 0.3) is 5.91 Å². The molecular formula is C21H26ClN3O2S+2. The molecule has 0 unspecified atom stereocenters. The molecule has 3 heterocycles. The van der Waals surface area contributed by atoms with E-state index < -0.39 is 0 Å². The van der Waals surface area contributed by atoms with Crippen LogP contribution < -0.4 is 15.1 Å². The van der Waals surface area contributed by atoms with Crippen molar-refractivity contribution in [3.63, 3.8) is 0 Å². The molecule has 2 amide bonds. The Morgan fingerprint density at radius 2 is 1.89 bits per heavy atom. The van der Waals surface area contributed by atoms with E-state index in [1.807, 2.05) is 11.3 Å². The van der Waals surface area contributed by atoms with Crippen LogP contribution in [0.15, 0.2) is 41.8 Å². The molecule has 0 aliphatic carbocycles. The molecule has 2 saturated heterocycles.